The van der Waals surface area contributed by atoms with Crippen LogP contribution in [0.2, 0.25) is 0 Å². The number of anilines is 2. The average Bonchev–Trinajstić information content (AvgIpc) is 2.25. The third kappa shape index (κ3) is 3.08. The van der Waals surface area contributed by atoms with Crippen LogP contribution in [-0.4, -0.2) is 22.6 Å². The minimum absolute atomic E-state index is 0.433. The van der Waals surface area contributed by atoms with Crippen LogP contribution in [0.25, 0.3) is 0 Å². The minimum Gasteiger partial charge on any atom is -0.370 e. The van der Waals surface area contributed by atoms with E-state index < -0.39 is 0 Å². The van der Waals surface area contributed by atoms with E-state index in [1.54, 1.807) is 0 Å². The Morgan fingerprint density at radius 1 is 1.12 bits per heavy atom. The molecule has 0 saturated heterocycles. The van der Waals surface area contributed by atoms with E-state index in [0.717, 1.165) is 36.0 Å². The number of rotatable bonds is 5. The van der Waals surface area contributed by atoms with Crippen molar-refractivity contribution < 1.29 is 0 Å². The molecule has 1 aromatic heterocycles. The van der Waals surface area contributed by atoms with Crippen LogP contribution in [0.1, 0.15) is 38.6 Å². The van der Waals surface area contributed by atoms with Gasteiger partial charge in [-0.05, 0) is 34.1 Å². The van der Waals surface area contributed by atoms with E-state index in [2.05, 4.69) is 41.4 Å². The lowest BCUT2D eigenvalue weighted by molar-refractivity contribution is 0.755. The van der Waals surface area contributed by atoms with Gasteiger partial charge in [0.2, 0.25) is 0 Å². The molecule has 1 aromatic rings. The van der Waals surface area contributed by atoms with Gasteiger partial charge in [0.05, 0.1) is 0 Å². The molecule has 0 saturated carbocycles. The van der Waals surface area contributed by atoms with Crippen LogP contribution in [0.15, 0.2) is 0 Å². The summed E-state index contributed by atoms with van der Waals surface area (Å²) in [5.74, 6) is 2.67. The molecule has 1 heterocycles. The Balaban J connectivity index is 2.99. The smallest absolute Gasteiger partial charge is 0.134 e. The van der Waals surface area contributed by atoms with Crippen molar-refractivity contribution in [3.63, 3.8) is 0 Å². The highest BCUT2D eigenvalue weighted by atomic mass is 15.1. The van der Waals surface area contributed by atoms with Gasteiger partial charge in [0.25, 0.3) is 0 Å². The van der Waals surface area contributed by atoms with E-state index in [4.69, 9.17) is 0 Å². The standard InChI is InChI=1S/C12H22N4/c1-6-8(3)14-12-9(4)11(13-7-2)15-10(5)16-12/h8H,6-7H2,1-5H3,(H2,13,14,15,16). The molecule has 1 unspecified atom stereocenters. The highest BCUT2D eigenvalue weighted by Crippen LogP contribution is 2.20. The fourth-order valence-electron chi connectivity index (χ4n) is 1.44. The second kappa shape index (κ2) is 5.68. The molecular weight excluding hydrogens is 200 g/mol. The van der Waals surface area contributed by atoms with Gasteiger partial charge in [-0.2, -0.15) is 0 Å². The fraction of sp³-hybridized carbons (Fsp3) is 0.667. The van der Waals surface area contributed by atoms with Gasteiger partial charge in [-0.1, -0.05) is 6.92 Å². The van der Waals surface area contributed by atoms with Crippen LogP contribution in [0.5, 0.6) is 0 Å². The SMILES string of the molecule is CCNc1nc(C)nc(NC(C)CC)c1C. The molecule has 90 valence electrons. The van der Waals surface area contributed by atoms with E-state index in [0.29, 0.717) is 6.04 Å². The highest BCUT2D eigenvalue weighted by Gasteiger charge is 2.09. The average molecular weight is 222 g/mol. The maximum absolute atomic E-state index is 4.44. The number of hydrogen-bond acceptors (Lipinski definition) is 4. The quantitative estimate of drug-likeness (QED) is 0.804. The zero-order valence-corrected chi connectivity index (χ0v) is 10.9. The molecule has 0 fully saturated rings. The summed E-state index contributed by atoms with van der Waals surface area (Å²) in [6.07, 6.45) is 1.08. The normalized spacial score (nSPS) is 12.3. The molecule has 16 heavy (non-hydrogen) atoms. The van der Waals surface area contributed by atoms with Crippen molar-refractivity contribution >= 4 is 11.6 Å². The van der Waals surface area contributed by atoms with Crippen LogP contribution in [0.3, 0.4) is 0 Å². The van der Waals surface area contributed by atoms with Gasteiger partial charge in [0.1, 0.15) is 17.5 Å². The van der Waals surface area contributed by atoms with Gasteiger partial charge in [-0.15, -0.1) is 0 Å². The lowest BCUT2D eigenvalue weighted by Gasteiger charge is -2.17. The third-order valence-corrected chi connectivity index (χ3v) is 2.60. The maximum Gasteiger partial charge on any atom is 0.134 e. The molecule has 0 radical (unpaired) electrons. The molecular formula is C12H22N4. The second-order valence-electron chi connectivity index (χ2n) is 4.08. The molecule has 4 heteroatoms. The summed E-state index contributed by atoms with van der Waals surface area (Å²) < 4.78 is 0. The first-order valence-corrected chi connectivity index (χ1v) is 5.94. The number of nitrogens with one attached hydrogen (secondary N) is 2. The maximum atomic E-state index is 4.44. The lowest BCUT2D eigenvalue weighted by atomic mass is 10.2. The van der Waals surface area contributed by atoms with Crippen molar-refractivity contribution in [1.29, 1.82) is 0 Å². The molecule has 0 spiro atoms. The van der Waals surface area contributed by atoms with Crippen LogP contribution < -0.4 is 10.6 Å². The van der Waals surface area contributed by atoms with E-state index in [1.165, 1.54) is 0 Å². The van der Waals surface area contributed by atoms with Crippen LogP contribution in [0, 0.1) is 13.8 Å². The Bertz CT molecular complexity index is 349. The molecule has 2 N–H and O–H groups in total. The molecule has 0 bridgehead atoms. The van der Waals surface area contributed by atoms with E-state index in [1.807, 2.05) is 13.8 Å². The lowest BCUT2D eigenvalue weighted by Crippen LogP contribution is -2.17. The minimum atomic E-state index is 0.433. The molecule has 0 aromatic carbocycles. The van der Waals surface area contributed by atoms with E-state index in [-0.39, 0.29) is 0 Å². The summed E-state index contributed by atoms with van der Waals surface area (Å²) in [4.78, 5) is 8.84. The summed E-state index contributed by atoms with van der Waals surface area (Å²) >= 11 is 0. The molecule has 1 rings (SSSR count). The molecule has 4 nitrogen and oxygen atoms in total. The van der Waals surface area contributed by atoms with Crippen molar-refractivity contribution in [1.82, 2.24) is 9.97 Å². The van der Waals surface area contributed by atoms with Crippen LogP contribution in [-0.2, 0) is 0 Å². The van der Waals surface area contributed by atoms with E-state index in [9.17, 15) is 0 Å². The van der Waals surface area contributed by atoms with Crippen LogP contribution >= 0.6 is 0 Å². The van der Waals surface area contributed by atoms with Gasteiger partial charge >= 0.3 is 0 Å². The number of aromatic nitrogens is 2. The zero-order chi connectivity index (χ0) is 12.1. The molecule has 0 amide bonds. The van der Waals surface area contributed by atoms with Gasteiger partial charge < -0.3 is 10.6 Å². The third-order valence-electron chi connectivity index (χ3n) is 2.60. The first-order chi connectivity index (χ1) is 7.58. The Hall–Kier alpha value is -1.32. The summed E-state index contributed by atoms with van der Waals surface area (Å²) in [5, 5.41) is 6.67. The fourth-order valence-corrected chi connectivity index (χ4v) is 1.44. The molecule has 0 aliphatic rings. The Kier molecular flexibility index (Phi) is 4.52. The first kappa shape index (κ1) is 12.7. The zero-order valence-electron chi connectivity index (χ0n) is 10.9. The number of hydrogen-bond donors (Lipinski definition) is 2. The largest absolute Gasteiger partial charge is 0.370 e. The summed E-state index contributed by atoms with van der Waals surface area (Å²) in [6.45, 7) is 11.2. The summed E-state index contributed by atoms with van der Waals surface area (Å²) in [7, 11) is 0. The predicted octanol–water partition coefficient (Wildman–Crippen LogP) is 2.74. The van der Waals surface area contributed by atoms with Gasteiger partial charge in [0, 0.05) is 18.2 Å². The molecule has 0 aliphatic heterocycles. The molecule has 0 aliphatic carbocycles. The van der Waals surface area contributed by atoms with Crippen LogP contribution in [0.4, 0.5) is 11.6 Å². The van der Waals surface area contributed by atoms with Gasteiger partial charge in [-0.3, -0.25) is 0 Å². The summed E-state index contributed by atoms with van der Waals surface area (Å²) in [5.41, 5.74) is 1.09. The Morgan fingerprint density at radius 3 is 2.31 bits per heavy atom. The monoisotopic (exact) mass is 222 g/mol. The number of nitrogens with zero attached hydrogens (tertiary/aromatic N) is 2. The second-order valence-corrected chi connectivity index (χ2v) is 4.08. The van der Waals surface area contributed by atoms with Crippen molar-refractivity contribution in [2.45, 2.75) is 47.1 Å². The van der Waals surface area contributed by atoms with Gasteiger partial charge in [-0.25, -0.2) is 9.97 Å². The molecule has 1 atom stereocenters. The Labute approximate surface area is 97.9 Å². The van der Waals surface area contributed by atoms with Crippen molar-refractivity contribution in [3.05, 3.63) is 11.4 Å². The van der Waals surface area contributed by atoms with Crippen molar-refractivity contribution in [2.24, 2.45) is 0 Å². The highest BCUT2D eigenvalue weighted by molar-refractivity contribution is 5.57. The van der Waals surface area contributed by atoms with Gasteiger partial charge in [0.15, 0.2) is 0 Å². The Morgan fingerprint density at radius 2 is 1.75 bits per heavy atom. The first-order valence-electron chi connectivity index (χ1n) is 5.94. The van der Waals surface area contributed by atoms with Crippen molar-refractivity contribution in [2.75, 3.05) is 17.2 Å². The van der Waals surface area contributed by atoms with E-state index >= 15 is 0 Å². The summed E-state index contributed by atoms with van der Waals surface area (Å²) in [6, 6.07) is 0.433. The topological polar surface area (TPSA) is 49.8 Å². The predicted molar refractivity (Wildman–Crippen MR) is 69.0 cm³/mol. The van der Waals surface area contributed by atoms with Crippen molar-refractivity contribution in [3.8, 4) is 0 Å². The number of aryl methyl sites for hydroxylation is 1.